The largest absolute Gasteiger partial charge is 0.461 e. The van der Waals surface area contributed by atoms with Crippen LogP contribution in [0.2, 0.25) is 0 Å². The Labute approximate surface area is 95.9 Å². The summed E-state index contributed by atoms with van der Waals surface area (Å²) in [6, 6.07) is 9.79. The van der Waals surface area contributed by atoms with Crippen molar-refractivity contribution < 1.29 is 9.53 Å². The molecule has 0 fully saturated rings. The number of esters is 1. The molecule has 1 aromatic rings. The van der Waals surface area contributed by atoms with Crippen LogP contribution in [0.15, 0.2) is 42.5 Å². The average molecular weight is 216 g/mol. The van der Waals surface area contributed by atoms with Crippen LogP contribution in [0.25, 0.3) is 0 Å². The maximum absolute atomic E-state index is 11.7. The van der Waals surface area contributed by atoms with Gasteiger partial charge in [0, 0.05) is 0 Å². The van der Waals surface area contributed by atoms with E-state index in [1.54, 1.807) is 0 Å². The number of allylic oxidation sites excluding steroid dienone is 2. The van der Waals surface area contributed by atoms with Crippen LogP contribution in [0.3, 0.4) is 0 Å². The van der Waals surface area contributed by atoms with E-state index in [9.17, 15) is 4.79 Å². The lowest BCUT2D eigenvalue weighted by molar-refractivity contribution is -0.150. The van der Waals surface area contributed by atoms with E-state index >= 15 is 0 Å². The van der Waals surface area contributed by atoms with Crippen molar-refractivity contribution in [2.75, 3.05) is 0 Å². The smallest absolute Gasteiger partial charge is 0.309 e. The molecule has 0 radical (unpaired) electrons. The fraction of sp³-hybridized carbons (Fsp3) is 0.357. The van der Waals surface area contributed by atoms with E-state index in [2.05, 4.69) is 12.2 Å². The second-order valence-corrected chi connectivity index (χ2v) is 4.07. The van der Waals surface area contributed by atoms with Gasteiger partial charge in [-0.2, -0.15) is 0 Å². The molecule has 0 spiro atoms. The summed E-state index contributed by atoms with van der Waals surface area (Å²) in [6.45, 7) is 0.389. The molecule has 0 bridgehead atoms. The Hall–Kier alpha value is -1.57. The molecule has 0 aromatic heterocycles. The predicted molar refractivity (Wildman–Crippen MR) is 62.7 cm³/mol. The number of ether oxygens (including phenoxy) is 1. The molecule has 0 heterocycles. The van der Waals surface area contributed by atoms with E-state index < -0.39 is 0 Å². The molecule has 16 heavy (non-hydrogen) atoms. The number of rotatable bonds is 3. The molecule has 1 aliphatic rings. The maximum atomic E-state index is 11.7. The fourth-order valence-electron chi connectivity index (χ4n) is 1.85. The lowest BCUT2D eigenvalue weighted by Crippen LogP contribution is -2.18. The van der Waals surface area contributed by atoms with E-state index in [4.69, 9.17) is 4.74 Å². The number of hydrogen-bond donors (Lipinski definition) is 0. The number of carbonyl (C=O) groups is 1. The molecule has 2 heteroatoms. The first kappa shape index (κ1) is 10.9. The molecule has 1 unspecified atom stereocenters. The molecule has 0 aliphatic heterocycles. The molecule has 1 atom stereocenters. The third-order valence-corrected chi connectivity index (χ3v) is 2.83. The summed E-state index contributed by atoms with van der Waals surface area (Å²) in [7, 11) is 0. The molecule has 84 valence electrons. The van der Waals surface area contributed by atoms with Gasteiger partial charge in [0.2, 0.25) is 0 Å². The zero-order chi connectivity index (χ0) is 11.2. The highest BCUT2D eigenvalue weighted by atomic mass is 16.5. The standard InChI is InChI=1S/C14H16O2/c15-14(13-9-5-2-6-10-13)16-11-12-7-3-1-4-8-12/h1-5,7-8,13H,6,9-11H2. The van der Waals surface area contributed by atoms with Gasteiger partial charge in [-0.1, -0.05) is 42.5 Å². The van der Waals surface area contributed by atoms with Gasteiger partial charge < -0.3 is 4.74 Å². The molecule has 0 amide bonds. The van der Waals surface area contributed by atoms with Gasteiger partial charge >= 0.3 is 5.97 Å². The Bertz CT molecular complexity index is 368. The van der Waals surface area contributed by atoms with Crippen LogP contribution in [-0.4, -0.2) is 5.97 Å². The summed E-state index contributed by atoms with van der Waals surface area (Å²) in [5.41, 5.74) is 1.04. The molecular formula is C14H16O2. The van der Waals surface area contributed by atoms with Crippen molar-refractivity contribution in [3.63, 3.8) is 0 Å². The Balaban J connectivity index is 1.82. The summed E-state index contributed by atoms with van der Waals surface area (Å²) in [4.78, 5) is 11.7. The first-order valence-corrected chi connectivity index (χ1v) is 5.72. The third kappa shape index (κ3) is 2.96. The molecule has 0 saturated heterocycles. The Morgan fingerprint density at radius 2 is 2.06 bits per heavy atom. The maximum Gasteiger partial charge on any atom is 0.309 e. The zero-order valence-corrected chi connectivity index (χ0v) is 9.26. The topological polar surface area (TPSA) is 26.3 Å². The second kappa shape index (κ2) is 5.50. The molecule has 2 nitrogen and oxygen atoms in total. The Morgan fingerprint density at radius 1 is 1.25 bits per heavy atom. The van der Waals surface area contributed by atoms with Crippen LogP contribution >= 0.6 is 0 Å². The number of benzene rings is 1. The normalized spacial score (nSPS) is 19.4. The second-order valence-electron chi connectivity index (χ2n) is 4.07. The van der Waals surface area contributed by atoms with Gasteiger partial charge in [0.1, 0.15) is 6.61 Å². The van der Waals surface area contributed by atoms with Crippen molar-refractivity contribution in [2.24, 2.45) is 5.92 Å². The van der Waals surface area contributed by atoms with Crippen molar-refractivity contribution in [1.29, 1.82) is 0 Å². The highest BCUT2D eigenvalue weighted by molar-refractivity contribution is 5.72. The van der Waals surface area contributed by atoms with Gasteiger partial charge in [-0.15, -0.1) is 0 Å². The average Bonchev–Trinajstić information content (AvgIpc) is 2.38. The van der Waals surface area contributed by atoms with Crippen LogP contribution < -0.4 is 0 Å². The van der Waals surface area contributed by atoms with Crippen molar-refractivity contribution in [1.82, 2.24) is 0 Å². The summed E-state index contributed by atoms with van der Waals surface area (Å²) in [6.07, 6.45) is 6.93. The first-order valence-electron chi connectivity index (χ1n) is 5.72. The lowest BCUT2D eigenvalue weighted by Gasteiger charge is -2.16. The van der Waals surface area contributed by atoms with Gasteiger partial charge in [-0.25, -0.2) is 0 Å². The van der Waals surface area contributed by atoms with Gasteiger partial charge in [0.25, 0.3) is 0 Å². The highest BCUT2D eigenvalue weighted by Gasteiger charge is 2.19. The van der Waals surface area contributed by atoms with E-state index in [1.807, 2.05) is 30.3 Å². The van der Waals surface area contributed by atoms with Gasteiger partial charge in [0.15, 0.2) is 0 Å². The van der Waals surface area contributed by atoms with Gasteiger partial charge in [-0.05, 0) is 24.8 Å². The third-order valence-electron chi connectivity index (χ3n) is 2.83. The van der Waals surface area contributed by atoms with E-state index in [0.717, 1.165) is 24.8 Å². The SMILES string of the molecule is O=C(OCc1ccccc1)C1CC=CCC1. The van der Waals surface area contributed by atoms with Crippen LogP contribution in [0.1, 0.15) is 24.8 Å². The predicted octanol–water partition coefficient (Wildman–Crippen LogP) is 3.09. The van der Waals surface area contributed by atoms with Crippen molar-refractivity contribution in [3.05, 3.63) is 48.0 Å². The van der Waals surface area contributed by atoms with Crippen LogP contribution in [0, 0.1) is 5.92 Å². The fourth-order valence-corrected chi connectivity index (χ4v) is 1.85. The Morgan fingerprint density at radius 3 is 2.75 bits per heavy atom. The Kier molecular flexibility index (Phi) is 3.76. The quantitative estimate of drug-likeness (QED) is 0.573. The molecule has 0 saturated carbocycles. The molecule has 0 N–H and O–H groups in total. The van der Waals surface area contributed by atoms with E-state index in [1.165, 1.54) is 0 Å². The first-order chi connectivity index (χ1) is 7.86. The van der Waals surface area contributed by atoms with Gasteiger partial charge in [0.05, 0.1) is 5.92 Å². The van der Waals surface area contributed by atoms with Crippen LogP contribution in [0.5, 0.6) is 0 Å². The van der Waals surface area contributed by atoms with E-state index in [-0.39, 0.29) is 11.9 Å². The van der Waals surface area contributed by atoms with E-state index in [0.29, 0.717) is 6.61 Å². The van der Waals surface area contributed by atoms with Crippen molar-refractivity contribution >= 4 is 5.97 Å². The van der Waals surface area contributed by atoms with Crippen molar-refractivity contribution in [3.8, 4) is 0 Å². The minimum atomic E-state index is -0.0618. The lowest BCUT2D eigenvalue weighted by atomic mass is 9.95. The molecule has 1 aromatic carbocycles. The molecular weight excluding hydrogens is 200 g/mol. The zero-order valence-electron chi connectivity index (χ0n) is 9.26. The van der Waals surface area contributed by atoms with Gasteiger partial charge in [-0.3, -0.25) is 4.79 Å². The van der Waals surface area contributed by atoms with Crippen LogP contribution in [-0.2, 0) is 16.1 Å². The molecule has 2 rings (SSSR count). The summed E-state index contributed by atoms with van der Waals surface area (Å²) in [5.74, 6) is 0.00177. The van der Waals surface area contributed by atoms with Crippen molar-refractivity contribution in [2.45, 2.75) is 25.9 Å². The minimum absolute atomic E-state index is 0.0618. The molecule has 1 aliphatic carbocycles. The summed E-state index contributed by atoms with van der Waals surface area (Å²) < 4.78 is 5.29. The number of carbonyl (C=O) groups excluding carboxylic acids is 1. The monoisotopic (exact) mass is 216 g/mol. The summed E-state index contributed by atoms with van der Waals surface area (Å²) in [5, 5.41) is 0. The number of hydrogen-bond acceptors (Lipinski definition) is 2. The summed E-state index contributed by atoms with van der Waals surface area (Å²) >= 11 is 0. The van der Waals surface area contributed by atoms with Crippen LogP contribution in [0.4, 0.5) is 0 Å². The highest BCUT2D eigenvalue weighted by Crippen LogP contribution is 2.19. The minimum Gasteiger partial charge on any atom is -0.461 e.